The van der Waals surface area contributed by atoms with Crippen LogP contribution in [0.5, 0.6) is 0 Å². The van der Waals surface area contributed by atoms with Gasteiger partial charge in [0.2, 0.25) is 0 Å². The largest absolute Gasteiger partial charge is 0.478 e. The molecule has 3 heteroatoms. The Morgan fingerprint density at radius 3 is 2.46 bits per heavy atom. The van der Waals surface area contributed by atoms with Crippen molar-refractivity contribution in [3.05, 3.63) is 11.6 Å². The average Bonchev–Trinajstić information content (AvgIpc) is 2.10. The van der Waals surface area contributed by atoms with E-state index in [1.807, 2.05) is 0 Å². The number of unbranched alkanes of at least 4 members (excludes halogenated alkanes) is 4. The number of carboxylic acid groups (broad SMARTS) is 1. The highest BCUT2D eigenvalue weighted by Crippen LogP contribution is 2.05. The number of nitrogens with two attached hydrogens (primary N) is 1. The number of aliphatic carboxylic acids is 1. The van der Waals surface area contributed by atoms with Crippen LogP contribution in [0.4, 0.5) is 0 Å². The van der Waals surface area contributed by atoms with E-state index in [9.17, 15) is 4.79 Å². The van der Waals surface area contributed by atoms with E-state index in [0.29, 0.717) is 5.57 Å². The molecule has 3 N–H and O–H groups in total. The summed E-state index contributed by atoms with van der Waals surface area (Å²) in [7, 11) is 0. The van der Waals surface area contributed by atoms with E-state index in [1.165, 1.54) is 0 Å². The fourth-order valence-corrected chi connectivity index (χ4v) is 1.05. The molecule has 0 aliphatic heterocycles. The van der Waals surface area contributed by atoms with Crippen LogP contribution in [-0.4, -0.2) is 17.6 Å². The third-order valence-corrected chi connectivity index (χ3v) is 1.95. The van der Waals surface area contributed by atoms with E-state index in [4.69, 9.17) is 10.8 Å². The standard InChI is InChI=1S/C10H19NO2/c1-9(10(12)13)7-5-3-2-4-6-8-11/h7H,2-6,8,11H2,1H3,(H,12,13)/b9-7+. The molecule has 0 unspecified atom stereocenters. The molecule has 0 saturated heterocycles. The van der Waals surface area contributed by atoms with Crippen molar-refractivity contribution < 1.29 is 9.90 Å². The second-order valence-electron chi connectivity index (χ2n) is 3.18. The fourth-order valence-electron chi connectivity index (χ4n) is 1.05. The molecular formula is C10H19NO2. The first-order valence-electron chi connectivity index (χ1n) is 4.78. The summed E-state index contributed by atoms with van der Waals surface area (Å²) in [4.78, 5) is 10.4. The van der Waals surface area contributed by atoms with Crippen LogP contribution in [0.1, 0.15) is 39.0 Å². The van der Waals surface area contributed by atoms with E-state index in [1.54, 1.807) is 13.0 Å². The lowest BCUT2D eigenvalue weighted by atomic mass is 10.1. The predicted octanol–water partition coefficient (Wildman–Crippen LogP) is 1.93. The summed E-state index contributed by atoms with van der Waals surface area (Å²) in [6, 6.07) is 0. The summed E-state index contributed by atoms with van der Waals surface area (Å²) in [5.74, 6) is -0.818. The minimum absolute atomic E-state index is 0.443. The highest BCUT2D eigenvalue weighted by molar-refractivity contribution is 5.85. The second kappa shape index (κ2) is 7.80. The highest BCUT2D eigenvalue weighted by atomic mass is 16.4. The van der Waals surface area contributed by atoms with Gasteiger partial charge in [-0.2, -0.15) is 0 Å². The van der Waals surface area contributed by atoms with Gasteiger partial charge in [-0.25, -0.2) is 4.79 Å². The molecule has 76 valence electrons. The van der Waals surface area contributed by atoms with Gasteiger partial charge in [0.05, 0.1) is 0 Å². The first kappa shape index (κ1) is 12.2. The van der Waals surface area contributed by atoms with Gasteiger partial charge in [-0.3, -0.25) is 0 Å². The van der Waals surface area contributed by atoms with E-state index < -0.39 is 5.97 Å². The third-order valence-electron chi connectivity index (χ3n) is 1.95. The number of allylic oxidation sites excluding steroid dienone is 1. The molecule has 0 heterocycles. The second-order valence-corrected chi connectivity index (χ2v) is 3.18. The molecule has 0 radical (unpaired) electrons. The third kappa shape index (κ3) is 7.53. The van der Waals surface area contributed by atoms with Crippen LogP contribution in [-0.2, 0) is 4.79 Å². The Labute approximate surface area is 79.6 Å². The lowest BCUT2D eigenvalue weighted by Crippen LogP contribution is -1.97. The van der Waals surface area contributed by atoms with Crippen LogP contribution in [0, 0.1) is 0 Å². The molecule has 0 saturated carbocycles. The van der Waals surface area contributed by atoms with Gasteiger partial charge < -0.3 is 10.8 Å². The first-order valence-corrected chi connectivity index (χ1v) is 4.78. The minimum Gasteiger partial charge on any atom is -0.478 e. The number of carboxylic acids is 1. The summed E-state index contributed by atoms with van der Waals surface area (Å²) in [6.07, 6.45) is 7.07. The molecule has 0 bridgehead atoms. The van der Waals surface area contributed by atoms with Gasteiger partial charge >= 0.3 is 5.97 Å². The molecule has 13 heavy (non-hydrogen) atoms. The molecule has 0 spiro atoms. The topological polar surface area (TPSA) is 63.3 Å². The molecule has 0 amide bonds. The number of carbonyl (C=O) groups is 1. The van der Waals surface area contributed by atoms with Crippen molar-refractivity contribution in [1.82, 2.24) is 0 Å². The molecule has 0 fully saturated rings. The molecule has 3 nitrogen and oxygen atoms in total. The van der Waals surface area contributed by atoms with Crippen molar-refractivity contribution >= 4 is 5.97 Å². The number of hydrogen-bond donors (Lipinski definition) is 2. The first-order chi connectivity index (χ1) is 6.18. The summed E-state index contributed by atoms with van der Waals surface area (Å²) in [5.41, 5.74) is 5.78. The molecule has 0 aliphatic rings. The maximum Gasteiger partial charge on any atom is 0.330 e. The van der Waals surface area contributed by atoms with Gasteiger partial charge in [-0.1, -0.05) is 18.9 Å². The SMILES string of the molecule is C/C(=C\CCCCCCN)C(=O)O. The van der Waals surface area contributed by atoms with Crippen LogP contribution in [0.25, 0.3) is 0 Å². The minimum atomic E-state index is -0.818. The fraction of sp³-hybridized carbons (Fsp3) is 0.700. The van der Waals surface area contributed by atoms with Gasteiger partial charge in [0.15, 0.2) is 0 Å². The van der Waals surface area contributed by atoms with Gasteiger partial charge in [0.1, 0.15) is 0 Å². The number of hydrogen-bond acceptors (Lipinski definition) is 2. The molecule has 0 aromatic heterocycles. The maximum atomic E-state index is 10.4. The quantitative estimate of drug-likeness (QED) is 0.470. The summed E-state index contributed by atoms with van der Waals surface area (Å²) >= 11 is 0. The van der Waals surface area contributed by atoms with E-state index in [-0.39, 0.29) is 0 Å². The summed E-state index contributed by atoms with van der Waals surface area (Å²) < 4.78 is 0. The van der Waals surface area contributed by atoms with Crippen molar-refractivity contribution in [3.63, 3.8) is 0 Å². The predicted molar refractivity (Wildman–Crippen MR) is 53.5 cm³/mol. The van der Waals surface area contributed by atoms with E-state index in [0.717, 1.165) is 38.6 Å². The Balaban J connectivity index is 3.34. The summed E-state index contributed by atoms with van der Waals surface area (Å²) in [5, 5.41) is 8.54. The average molecular weight is 185 g/mol. The van der Waals surface area contributed by atoms with Crippen LogP contribution < -0.4 is 5.73 Å². The van der Waals surface area contributed by atoms with Gasteiger partial charge in [-0.15, -0.1) is 0 Å². The van der Waals surface area contributed by atoms with E-state index >= 15 is 0 Å². The van der Waals surface area contributed by atoms with Crippen LogP contribution in [0.15, 0.2) is 11.6 Å². The summed E-state index contributed by atoms with van der Waals surface area (Å²) in [6.45, 7) is 2.38. The zero-order chi connectivity index (χ0) is 10.1. The smallest absolute Gasteiger partial charge is 0.330 e. The highest BCUT2D eigenvalue weighted by Gasteiger charge is 1.97. The van der Waals surface area contributed by atoms with Crippen molar-refractivity contribution in [3.8, 4) is 0 Å². The molecule has 0 aromatic rings. The monoisotopic (exact) mass is 185 g/mol. The Bertz CT molecular complexity index is 176. The molecular weight excluding hydrogens is 166 g/mol. The Hall–Kier alpha value is -0.830. The Kier molecular flexibility index (Phi) is 7.30. The van der Waals surface area contributed by atoms with Crippen LogP contribution >= 0.6 is 0 Å². The maximum absolute atomic E-state index is 10.4. The Morgan fingerprint density at radius 2 is 1.92 bits per heavy atom. The molecule has 0 aliphatic carbocycles. The van der Waals surface area contributed by atoms with Crippen molar-refractivity contribution in [1.29, 1.82) is 0 Å². The normalized spacial score (nSPS) is 11.7. The lowest BCUT2D eigenvalue weighted by Gasteiger charge is -1.97. The molecule has 0 rings (SSSR count). The zero-order valence-corrected chi connectivity index (χ0v) is 8.25. The van der Waals surface area contributed by atoms with Crippen molar-refractivity contribution in [2.24, 2.45) is 5.73 Å². The van der Waals surface area contributed by atoms with Gasteiger partial charge in [0, 0.05) is 5.57 Å². The van der Waals surface area contributed by atoms with E-state index in [2.05, 4.69) is 0 Å². The van der Waals surface area contributed by atoms with Gasteiger partial charge in [-0.05, 0) is 32.7 Å². The molecule has 0 atom stereocenters. The van der Waals surface area contributed by atoms with Gasteiger partial charge in [0.25, 0.3) is 0 Å². The molecule has 0 aromatic carbocycles. The van der Waals surface area contributed by atoms with Crippen LogP contribution in [0.3, 0.4) is 0 Å². The Morgan fingerprint density at radius 1 is 1.31 bits per heavy atom. The lowest BCUT2D eigenvalue weighted by molar-refractivity contribution is -0.132. The number of rotatable bonds is 7. The van der Waals surface area contributed by atoms with Crippen molar-refractivity contribution in [2.75, 3.05) is 6.54 Å². The van der Waals surface area contributed by atoms with Crippen molar-refractivity contribution in [2.45, 2.75) is 39.0 Å². The zero-order valence-electron chi connectivity index (χ0n) is 8.25. The van der Waals surface area contributed by atoms with Crippen LogP contribution in [0.2, 0.25) is 0 Å².